The number of nitrogens with one attached hydrogen (secondary N) is 2. The van der Waals surface area contributed by atoms with Gasteiger partial charge in [0.1, 0.15) is 23.0 Å². The van der Waals surface area contributed by atoms with E-state index in [1.165, 1.54) is 0 Å². The van der Waals surface area contributed by atoms with Gasteiger partial charge in [0.15, 0.2) is 0 Å². The molecule has 6 rings (SSSR count). The Morgan fingerprint density at radius 3 is 2.67 bits per heavy atom. The van der Waals surface area contributed by atoms with E-state index in [4.69, 9.17) is 30.8 Å². The third-order valence-corrected chi connectivity index (χ3v) is 9.81. The quantitative estimate of drug-likeness (QED) is 0.250. The number of amides is 1. The van der Waals surface area contributed by atoms with E-state index in [1.807, 2.05) is 66.4 Å². The molecular weight excluding hydrogens is 634 g/mol. The molecule has 252 valence electrons. The molecule has 0 bridgehead atoms. The van der Waals surface area contributed by atoms with Crippen molar-refractivity contribution in [2.75, 3.05) is 34.0 Å². The molecule has 48 heavy (non-hydrogen) atoms. The monoisotopic (exact) mass is 673 g/mol. The fourth-order valence-corrected chi connectivity index (χ4v) is 6.90. The number of ether oxygens (including phenoxy) is 3. The van der Waals surface area contributed by atoms with Gasteiger partial charge in [0, 0.05) is 47.4 Å². The number of aliphatic carboxylic acids is 1. The highest BCUT2D eigenvalue weighted by molar-refractivity contribution is 6.32. The van der Waals surface area contributed by atoms with Gasteiger partial charge in [-0.1, -0.05) is 61.0 Å². The Labute approximate surface area is 285 Å². The number of allylic oxidation sites excluding steroid dienone is 2. The molecule has 0 radical (unpaired) electrons. The van der Waals surface area contributed by atoms with Gasteiger partial charge in [-0.3, -0.25) is 19.5 Å². The lowest BCUT2D eigenvalue weighted by atomic mass is 9.72. The minimum absolute atomic E-state index is 0.189. The number of methoxy groups -OCH3 is 2. The van der Waals surface area contributed by atoms with E-state index in [-0.39, 0.29) is 17.7 Å². The molecule has 0 saturated carbocycles. The second-order valence-electron chi connectivity index (χ2n) is 12.3. The van der Waals surface area contributed by atoms with E-state index in [9.17, 15) is 14.7 Å². The number of carbonyl (C=O) groups is 2. The topological polar surface area (TPSA) is 135 Å². The first-order chi connectivity index (χ1) is 23.2. The molecule has 3 N–H and O–H groups in total. The number of hydrogen-bond acceptors (Lipinski definition) is 9. The van der Waals surface area contributed by atoms with Crippen LogP contribution in [0.25, 0.3) is 5.57 Å². The molecule has 2 fully saturated rings. The molecule has 0 spiro atoms. The number of carbonyl (C=O) groups excluding carboxylic acids is 1. The Hall–Kier alpha value is -4.29. The lowest BCUT2D eigenvalue weighted by molar-refractivity contribution is -0.142. The van der Waals surface area contributed by atoms with Crippen molar-refractivity contribution in [3.63, 3.8) is 0 Å². The summed E-state index contributed by atoms with van der Waals surface area (Å²) in [5.74, 6) is -0.672. The third-order valence-electron chi connectivity index (χ3n) is 9.48. The number of aromatic nitrogens is 2. The first-order valence-corrected chi connectivity index (χ1v) is 16.4. The zero-order valence-corrected chi connectivity index (χ0v) is 28.0. The number of benzene rings is 1. The van der Waals surface area contributed by atoms with Crippen LogP contribution in [0.5, 0.6) is 11.6 Å². The summed E-state index contributed by atoms with van der Waals surface area (Å²) in [6, 6.07) is 12.7. The molecule has 2 aliphatic heterocycles. The van der Waals surface area contributed by atoms with E-state index < -0.39 is 23.5 Å². The van der Waals surface area contributed by atoms with E-state index >= 15 is 0 Å². The van der Waals surface area contributed by atoms with Gasteiger partial charge in [-0.15, -0.1) is 0 Å². The molecule has 1 amide bonds. The Morgan fingerprint density at radius 1 is 1.15 bits per heavy atom. The number of rotatable bonds is 12. The van der Waals surface area contributed by atoms with Crippen LogP contribution in [0.3, 0.4) is 0 Å². The van der Waals surface area contributed by atoms with Gasteiger partial charge in [0.05, 0.1) is 39.2 Å². The second-order valence-corrected chi connectivity index (χ2v) is 12.7. The summed E-state index contributed by atoms with van der Waals surface area (Å²) < 4.78 is 16.7. The Balaban J connectivity index is 1.35. The molecule has 2 aromatic heterocycles. The number of hydrogen-bond donors (Lipinski definition) is 3. The smallest absolute Gasteiger partial charge is 0.320 e. The first-order valence-electron chi connectivity index (χ1n) is 16.1. The molecule has 3 aliphatic rings. The van der Waals surface area contributed by atoms with Crippen LogP contribution >= 0.6 is 11.6 Å². The van der Waals surface area contributed by atoms with E-state index in [1.54, 1.807) is 26.5 Å². The van der Waals surface area contributed by atoms with Crippen molar-refractivity contribution in [2.45, 2.75) is 50.5 Å². The van der Waals surface area contributed by atoms with Crippen molar-refractivity contribution in [1.82, 2.24) is 25.5 Å². The predicted octanol–water partition coefficient (Wildman–Crippen LogP) is 4.60. The molecule has 12 heteroatoms. The number of likely N-dealkylation sites (tertiary alicyclic amines) is 1. The van der Waals surface area contributed by atoms with E-state index in [0.717, 1.165) is 28.7 Å². The Morgan fingerprint density at radius 2 is 1.96 bits per heavy atom. The van der Waals surface area contributed by atoms with Gasteiger partial charge in [-0.05, 0) is 42.7 Å². The molecule has 1 aliphatic carbocycles. The minimum Gasteiger partial charge on any atom is -0.496 e. The highest BCUT2D eigenvalue weighted by Gasteiger charge is 2.43. The fourth-order valence-electron chi connectivity index (χ4n) is 6.66. The summed E-state index contributed by atoms with van der Waals surface area (Å²) in [5, 5.41) is 17.0. The molecule has 3 atom stereocenters. The predicted molar refractivity (Wildman–Crippen MR) is 181 cm³/mol. The normalized spacial score (nSPS) is 22.5. The molecule has 11 nitrogen and oxygen atoms in total. The van der Waals surface area contributed by atoms with Crippen LogP contribution in [-0.4, -0.2) is 77.9 Å². The first kappa shape index (κ1) is 33.6. The number of nitrogens with zero attached hydrogens (tertiary/aromatic N) is 3. The summed E-state index contributed by atoms with van der Waals surface area (Å²) in [7, 11) is 3.11. The number of carboxylic acid groups (broad SMARTS) is 1. The highest BCUT2D eigenvalue weighted by Crippen LogP contribution is 2.44. The van der Waals surface area contributed by atoms with Crippen molar-refractivity contribution < 1.29 is 28.9 Å². The molecule has 2 unspecified atom stereocenters. The largest absolute Gasteiger partial charge is 0.496 e. The van der Waals surface area contributed by atoms with Crippen molar-refractivity contribution in [1.29, 1.82) is 0 Å². The van der Waals surface area contributed by atoms with E-state index in [2.05, 4.69) is 15.6 Å². The minimum atomic E-state index is -1.14. The van der Waals surface area contributed by atoms with Gasteiger partial charge in [0.2, 0.25) is 5.88 Å². The van der Waals surface area contributed by atoms with Gasteiger partial charge in [-0.2, -0.15) is 0 Å². The second kappa shape index (κ2) is 14.4. The lowest BCUT2D eigenvalue weighted by Crippen LogP contribution is -2.51. The summed E-state index contributed by atoms with van der Waals surface area (Å²) in [6.07, 6.45) is 8.89. The number of carboxylic acids is 1. The van der Waals surface area contributed by atoms with Crippen LogP contribution in [-0.2, 0) is 28.2 Å². The Bertz CT molecular complexity index is 1740. The van der Waals surface area contributed by atoms with Crippen molar-refractivity contribution in [3.8, 4) is 11.6 Å². The maximum absolute atomic E-state index is 14.1. The third kappa shape index (κ3) is 6.68. The van der Waals surface area contributed by atoms with Crippen molar-refractivity contribution in [3.05, 3.63) is 100.0 Å². The van der Waals surface area contributed by atoms with E-state index in [0.29, 0.717) is 61.6 Å². The summed E-state index contributed by atoms with van der Waals surface area (Å²) in [4.78, 5) is 37.4. The van der Waals surface area contributed by atoms with Gasteiger partial charge >= 0.3 is 5.97 Å². The van der Waals surface area contributed by atoms with Crippen molar-refractivity contribution in [2.24, 2.45) is 5.92 Å². The standard InChI is InChI=1S/C36H40ClN5O6/c1-22-26(27-8-4-5-10-28(27)37)9-6-14-36(22,32-13-12-23(34(40-32)47-3)19-42-15-7-11-30(42)35(44)45)41-33(43)29-16-31(46-2)24(18-39-29)17-38-25-20-48-21-25/h4-6,8-10,12-14,16,18,22,25,30,38H,7,11,15,17,19-21H2,1-3H3,(H,41,43)(H,44,45)/t22?,30-,36?/m0/s1. The average molecular weight is 674 g/mol. The van der Waals surface area contributed by atoms with Crippen LogP contribution < -0.4 is 20.1 Å². The molecule has 2 saturated heterocycles. The summed E-state index contributed by atoms with van der Waals surface area (Å²) >= 11 is 6.68. The van der Waals surface area contributed by atoms with Crippen molar-refractivity contribution >= 4 is 29.1 Å². The summed E-state index contributed by atoms with van der Waals surface area (Å²) in [6.45, 7) is 4.93. The van der Waals surface area contributed by atoms with Crippen LogP contribution in [0.1, 0.15) is 52.6 Å². The maximum atomic E-state index is 14.1. The maximum Gasteiger partial charge on any atom is 0.320 e. The fraction of sp³-hybridized carbons (Fsp3) is 0.389. The van der Waals surface area contributed by atoms with Gasteiger partial charge in [-0.25, -0.2) is 4.98 Å². The Kier molecular flexibility index (Phi) is 10.1. The zero-order valence-electron chi connectivity index (χ0n) is 27.2. The molecule has 3 aromatic rings. The van der Waals surface area contributed by atoms with Gasteiger partial charge in [0.25, 0.3) is 5.91 Å². The SMILES string of the molecule is COc1cc(C(=O)NC2(c3ccc(CN4CCC[C@H]4C(=O)O)c(OC)n3)C=CC=C(c3ccccc3Cl)C2C)ncc1CNC1COC1. The van der Waals surface area contributed by atoms with Crippen LogP contribution in [0.15, 0.2) is 66.9 Å². The number of halogens is 1. The molecular formula is C36H40ClN5O6. The molecule has 4 heterocycles. The average Bonchev–Trinajstić information content (AvgIpc) is 3.54. The lowest BCUT2D eigenvalue weighted by Gasteiger charge is -2.40. The highest BCUT2D eigenvalue weighted by atomic mass is 35.5. The van der Waals surface area contributed by atoms with Crippen LogP contribution in [0.4, 0.5) is 0 Å². The zero-order chi connectivity index (χ0) is 33.8. The van der Waals surface area contributed by atoms with Crippen LogP contribution in [0.2, 0.25) is 5.02 Å². The number of pyridine rings is 2. The summed E-state index contributed by atoms with van der Waals surface area (Å²) in [5.41, 5.74) is 2.95. The van der Waals surface area contributed by atoms with Gasteiger partial charge < -0.3 is 30.0 Å². The molecule has 1 aromatic carbocycles. The van der Waals surface area contributed by atoms with Crippen LogP contribution in [0, 0.1) is 5.92 Å².